The molecule has 0 radical (unpaired) electrons. The van der Waals surface area contributed by atoms with Gasteiger partial charge in [0.2, 0.25) is 5.91 Å². The SMILES string of the molecule is COc1cc(CN(C)C(=O)NC2CCCCNC2=O)ccc1O. The number of hydrogen-bond acceptors (Lipinski definition) is 4. The van der Waals surface area contributed by atoms with Gasteiger partial charge in [0.1, 0.15) is 6.04 Å². The number of nitrogens with one attached hydrogen (secondary N) is 2. The number of aromatic hydroxyl groups is 1. The molecule has 1 aromatic carbocycles. The number of carbonyl (C=O) groups is 2. The van der Waals surface area contributed by atoms with Crippen LogP contribution in [0.2, 0.25) is 0 Å². The van der Waals surface area contributed by atoms with Crippen molar-refractivity contribution < 1.29 is 19.4 Å². The number of methoxy groups -OCH3 is 1. The molecule has 7 heteroatoms. The van der Waals surface area contributed by atoms with Crippen LogP contribution in [0.3, 0.4) is 0 Å². The Hall–Kier alpha value is -2.44. The van der Waals surface area contributed by atoms with E-state index in [1.165, 1.54) is 18.1 Å². The number of ether oxygens (including phenoxy) is 1. The first-order chi connectivity index (χ1) is 11.0. The van der Waals surface area contributed by atoms with Gasteiger partial charge in [-0.15, -0.1) is 0 Å². The average molecular weight is 321 g/mol. The molecular formula is C16H23N3O4. The van der Waals surface area contributed by atoms with Gasteiger partial charge in [0.15, 0.2) is 11.5 Å². The Balaban J connectivity index is 1.95. The van der Waals surface area contributed by atoms with E-state index in [2.05, 4.69) is 10.6 Å². The van der Waals surface area contributed by atoms with Crippen LogP contribution in [0.15, 0.2) is 18.2 Å². The van der Waals surface area contributed by atoms with Crippen molar-refractivity contribution in [3.05, 3.63) is 23.8 Å². The lowest BCUT2D eigenvalue weighted by molar-refractivity contribution is -0.122. The molecule has 7 nitrogen and oxygen atoms in total. The number of amides is 3. The molecule has 126 valence electrons. The molecule has 1 saturated heterocycles. The summed E-state index contributed by atoms with van der Waals surface area (Å²) in [7, 11) is 3.13. The van der Waals surface area contributed by atoms with E-state index >= 15 is 0 Å². The first kappa shape index (κ1) is 16.9. The van der Waals surface area contributed by atoms with E-state index in [1.807, 2.05) is 0 Å². The second kappa shape index (κ2) is 7.71. The first-order valence-corrected chi connectivity index (χ1v) is 7.66. The molecule has 0 spiro atoms. The molecule has 0 aromatic heterocycles. The number of benzene rings is 1. The summed E-state index contributed by atoms with van der Waals surface area (Å²) in [4.78, 5) is 25.6. The van der Waals surface area contributed by atoms with Crippen molar-refractivity contribution in [2.45, 2.75) is 31.8 Å². The largest absolute Gasteiger partial charge is 0.504 e. The van der Waals surface area contributed by atoms with Crippen LogP contribution in [0.5, 0.6) is 11.5 Å². The van der Waals surface area contributed by atoms with E-state index in [1.54, 1.807) is 19.2 Å². The van der Waals surface area contributed by atoms with Crippen LogP contribution in [0.1, 0.15) is 24.8 Å². The molecule has 1 aliphatic rings. The Kier molecular flexibility index (Phi) is 5.67. The molecule has 0 aliphatic carbocycles. The normalized spacial score (nSPS) is 17.8. The molecule has 1 heterocycles. The van der Waals surface area contributed by atoms with Crippen molar-refractivity contribution in [3.8, 4) is 11.5 Å². The number of carbonyl (C=O) groups excluding carboxylic acids is 2. The molecule has 1 unspecified atom stereocenters. The number of urea groups is 1. The molecule has 0 saturated carbocycles. The van der Waals surface area contributed by atoms with Gasteiger partial charge in [0, 0.05) is 20.1 Å². The van der Waals surface area contributed by atoms with E-state index < -0.39 is 6.04 Å². The zero-order valence-electron chi connectivity index (χ0n) is 13.5. The fraction of sp³-hybridized carbons (Fsp3) is 0.500. The lowest BCUT2D eigenvalue weighted by Crippen LogP contribution is -2.49. The Labute approximate surface area is 135 Å². The van der Waals surface area contributed by atoms with Gasteiger partial charge in [-0.3, -0.25) is 4.79 Å². The van der Waals surface area contributed by atoms with Gasteiger partial charge >= 0.3 is 6.03 Å². The van der Waals surface area contributed by atoms with Crippen molar-refractivity contribution in [3.63, 3.8) is 0 Å². The summed E-state index contributed by atoms with van der Waals surface area (Å²) in [6.45, 7) is 1.01. The summed E-state index contributed by atoms with van der Waals surface area (Å²) in [5.41, 5.74) is 0.822. The summed E-state index contributed by atoms with van der Waals surface area (Å²) in [6.07, 6.45) is 2.49. The van der Waals surface area contributed by atoms with Crippen molar-refractivity contribution in [1.82, 2.24) is 15.5 Å². The van der Waals surface area contributed by atoms with E-state index in [9.17, 15) is 14.7 Å². The zero-order chi connectivity index (χ0) is 16.8. The van der Waals surface area contributed by atoms with Crippen LogP contribution < -0.4 is 15.4 Å². The predicted molar refractivity (Wildman–Crippen MR) is 85.3 cm³/mol. The van der Waals surface area contributed by atoms with E-state index in [0.717, 1.165) is 18.4 Å². The van der Waals surface area contributed by atoms with Gasteiger partial charge in [-0.05, 0) is 37.0 Å². The first-order valence-electron chi connectivity index (χ1n) is 7.66. The monoisotopic (exact) mass is 321 g/mol. The molecule has 3 N–H and O–H groups in total. The van der Waals surface area contributed by atoms with E-state index in [0.29, 0.717) is 25.3 Å². The number of phenols is 1. The van der Waals surface area contributed by atoms with Gasteiger partial charge < -0.3 is 25.4 Å². The second-order valence-corrected chi connectivity index (χ2v) is 5.65. The molecule has 23 heavy (non-hydrogen) atoms. The van der Waals surface area contributed by atoms with Crippen molar-refractivity contribution in [2.24, 2.45) is 0 Å². The summed E-state index contributed by atoms with van der Waals surface area (Å²) >= 11 is 0. The van der Waals surface area contributed by atoms with Crippen LogP contribution in [-0.4, -0.2) is 48.7 Å². The summed E-state index contributed by atoms with van der Waals surface area (Å²) < 4.78 is 5.06. The third-order valence-electron chi connectivity index (χ3n) is 3.84. The molecule has 1 atom stereocenters. The van der Waals surface area contributed by atoms with Crippen LogP contribution in [0, 0.1) is 0 Å². The zero-order valence-corrected chi connectivity index (χ0v) is 13.5. The highest BCUT2D eigenvalue weighted by Gasteiger charge is 2.23. The third kappa shape index (κ3) is 4.51. The molecule has 2 rings (SSSR count). The highest BCUT2D eigenvalue weighted by Crippen LogP contribution is 2.26. The minimum absolute atomic E-state index is 0.0541. The Bertz CT molecular complexity index is 576. The van der Waals surface area contributed by atoms with Crippen LogP contribution in [-0.2, 0) is 11.3 Å². The third-order valence-corrected chi connectivity index (χ3v) is 3.84. The fourth-order valence-electron chi connectivity index (χ4n) is 2.50. The minimum Gasteiger partial charge on any atom is -0.504 e. The molecule has 3 amide bonds. The van der Waals surface area contributed by atoms with Crippen molar-refractivity contribution in [1.29, 1.82) is 0 Å². The Morgan fingerprint density at radius 2 is 2.26 bits per heavy atom. The minimum atomic E-state index is -0.484. The lowest BCUT2D eigenvalue weighted by atomic mass is 10.1. The smallest absolute Gasteiger partial charge is 0.318 e. The lowest BCUT2D eigenvalue weighted by Gasteiger charge is -2.22. The maximum Gasteiger partial charge on any atom is 0.318 e. The van der Waals surface area contributed by atoms with Crippen LogP contribution >= 0.6 is 0 Å². The highest BCUT2D eigenvalue weighted by molar-refractivity contribution is 5.87. The number of hydrogen-bond donors (Lipinski definition) is 3. The maximum absolute atomic E-state index is 12.2. The van der Waals surface area contributed by atoms with E-state index in [-0.39, 0.29) is 17.7 Å². The Morgan fingerprint density at radius 3 is 3.00 bits per heavy atom. The van der Waals surface area contributed by atoms with Crippen molar-refractivity contribution >= 4 is 11.9 Å². The van der Waals surface area contributed by atoms with Crippen LogP contribution in [0.25, 0.3) is 0 Å². The van der Waals surface area contributed by atoms with Gasteiger partial charge in [0.05, 0.1) is 7.11 Å². The molecule has 1 fully saturated rings. The van der Waals surface area contributed by atoms with Gasteiger partial charge in [-0.2, -0.15) is 0 Å². The topological polar surface area (TPSA) is 90.9 Å². The summed E-state index contributed by atoms with van der Waals surface area (Å²) in [5, 5.41) is 15.1. The summed E-state index contributed by atoms with van der Waals surface area (Å²) in [5.74, 6) is 0.286. The predicted octanol–water partition coefficient (Wildman–Crippen LogP) is 1.21. The molecule has 1 aliphatic heterocycles. The Morgan fingerprint density at radius 1 is 1.48 bits per heavy atom. The second-order valence-electron chi connectivity index (χ2n) is 5.65. The van der Waals surface area contributed by atoms with E-state index in [4.69, 9.17) is 4.74 Å². The standard InChI is InChI=1S/C16H23N3O4/c1-19(10-11-6-7-13(20)14(9-11)23-2)16(22)18-12-5-3-4-8-17-15(12)21/h6-7,9,12,20H,3-5,8,10H2,1-2H3,(H,17,21)(H,18,22). The summed E-state index contributed by atoms with van der Waals surface area (Å²) in [6, 6.07) is 4.14. The maximum atomic E-state index is 12.2. The van der Waals surface area contributed by atoms with Gasteiger partial charge in [-0.25, -0.2) is 4.79 Å². The molecule has 0 bridgehead atoms. The van der Waals surface area contributed by atoms with Crippen LogP contribution in [0.4, 0.5) is 4.79 Å². The molecule has 1 aromatic rings. The average Bonchev–Trinajstić information content (AvgIpc) is 2.74. The number of nitrogens with zero attached hydrogens (tertiary/aromatic N) is 1. The highest BCUT2D eigenvalue weighted by atomic mass is 16.5. The molecular weight excluding hydrogens is 298 g/mol. The fourth-order valence-corrected chi connectivity index (χ4v) is 2.50. The van der Waals surface area contributed by atoms with Gasteiger partial charge in [0.25, 0.3) is 0 Å². The number of phenolic OH excluding ortho intramolecular Hbond substituents is 1. The quantitative estimate of drug-likeness (QED) is 0.777. The number of rotatable bonds is 4. The van der Waals surface area contributed by atoms with Gasteiger partial charge in [-0.1, -0.05) is 6.07 Å². The van der Waals surface area contributed by atoms with Crippen molar-refractivity contribution in [2.75, 3.05) is 20.7 Å².